The molecule has 0 saturated carbocycles. The van der Waals surface area contributed by atoms with Crippen LogP contribution in [0.3, 0.4) is 0 Å². The summed E-state index contributed by atoms with van der Waals surface area (Å²) in [5, 5.41) is 3.22. The van der Waals surface area contributed by atoms with Gasteiger partial charge in [0, 0.05) is 38.2 Å². The van der Waals surface area contributed by atoms with Gasteiger partial charge < -0.3 is 19.7 Å². The number of rotatable bonds is 9. The molecule has 0 bridgehead atoms. The fourth-order valence-electron chi connectivity index (χ4n) is 4.56. The number of carbonyl (C=O) groups excluding carboxylic acids is 1. The van der Waals surface area contributed by atoms with E-state index in [9.17, 15) is 4.79 Å². The van der Waals surface area contributed by atoms with Crippen LogP contribution in [0.15, 0.2) is 6.07 Å². The molecular formula is C24H40N2O3S. The number of hydrogen-bond acceptors (Lipinski definition) is 5. The highest BCUT2D eigenvalue weighted by atomic mass is 32.1. The van der Waals surface area contributed by atoms with Gasteiger partial charge in [-0.05, 0) is 55.6 Å². The topological polar surface area (TPSA) is 50.8 Å². The SMILES string of the molecule is COCCOC1CCN(CC(C)(C)CNC(=O)c2cc3c(s2)CCCCCC3)CC1. The number of ether oxygens (including phenoxy) is 2. The number of amides is 1. The highest BCUT2D eigenvalue weighted by Crippen LogP contribution is 2.29. The molecule has 6 heteroatoms. The third kappa shape index (κ3) is 7.33. The van der Waals surface area contributed by atoms with Crippen LogP contribution >= 0.6 is 11.3 Å². The molecule has 1 saturated heterocycles. The number of carbonyl (C=O) groups is 1. The molecule has 1 amide bonds. The van der Waals surface area contributed by atoms with E-state index in [0.29, 0.717) is 25.9 Å². The minimum Gasteiger partial charge on any atom is -0.382 e. The van der Waals surface area contributed by atoms with Gasteiger partial charge in [0.2, 0.25) is 0 Å². The molecule has 3 rings (SSSR count). The Morgan fingerprint density at radius 2 is 1.90 bits per heavy atom. The summed E-state index contributed by atoms with van der Waals surface area (Å²) in [6.45, 7) is 9.69. The molecule has 2 heterocycles. The van der Waals surface area contributed by atoms with Crippen molar-refractivity contribution in [2.75, 3.05) is 46.5 Å². The van der Waals surface area contributed by atoms with Gasteiger partial charge in [-0.25, -0.2) is 0 Å². The summed E-state index contributed by atoms with van der Waals surface area (Å²) in [5.74, 6) is 0.102. The lowest BCUT2D eigenvalue weighted by Crippen LogP contribution is -2.45. The molecule has 1 fully saturated rings. The van der Waals surface area contributed by atoms with Crippen molar-refractivity contribution in [1.29, 1.82) is 0 Å². The molecule has 0 spiro atoms. The zero-order valence-electron chi connectivity index (χ0n) is 19.1. The van der Waals surface area contributed by atoms with Crippen LogP contribution in [0.2, 0.25) is 0 Å². The molecule has 1 N–H and O–H groups in total. The second kappa shape index (κ2) is 11.6. The monoisotopic (exact) mass is 436 g/mol. The van der Waals surface area contributed by atoms with Gasteiger partial charge in [0.05, 0.1) is 24.2 Å². The number of likely N-dealkylation sites (tertiary alicyclic amines) is 1. The first-order valence-electron chi connectivity index (χ1n) is 11.7. The molecule has 30 heavy (non-hydrogen) atoms. The summed E-state index contributed by atoms with van der Waals surface area (Å²) in [5.41, 5.74) is 1.46. The molecule has 2 aliphatic rings. The minimum absolute atomic E-state index is 0.0469. The number of aryl methyl sites for hydroxylation is 2. The van der Waals surface area contributed by atoms with E-state index in [1.54, 1.807) is 18.4 Å². The number of thiophene rings is 1. The number of nitrogens with zero attached hydrogens (tertiary/aromatic N) is 1. The van der Waals surface area contributed by atoms with E-state index in [-0.39, 0.29) is 11.3 Å². The summed E-state index contributed by atoms with van der Waals surface area (Å²) in [6.07, 6.45) is 9.95. The number of methoxy groups -OCH3 is 1. The first-order valence-corrected chi connectivity index (χ1v) is 12.5. The number of hydrogen-bond donors (Lipinski definition) is 1. The lowest BCUT2D eigenvalue weighted by molar-refractivity contribution is -0.0191. The second-order valence-electron chi connectivity index (χ2n) is 9.66. The van der Waals surface area contributed by atoms with E-state index >= 15 is 0 Å². The van der Waals surface area contributed by atoms with Crippen LogP contribution in [0.1, 0.15) is 72.5 Å². The average Bonchev–Trinajstić information content (AvgIpc) is 3.09. The molecular weight excluding hydrogens is 396 g/mol. The summed E-state index contributed by atoms with van der Waals surface area (Å²) >= 11 is 1.72. The van der Waals surface area contributed by atoms with Crippen molar-refractivity contribution in [3.05, 3.63) is 21.4 Å². The van der Waals surface area contributed by atoms with Crippen LogP contribution in [0.5, 0.6) is 0 Å². The van der Waals surface area contributed by atoms with Crippen molar-refractivity contribution in [3.63, 3.8) is 0 Å². The zero-order chi connectivity index (χ0) is 21.4. The van der Waals surface area contributed by atoms with Crippen LogP contribution in [0.25, 0.3) is 0 Å². The maximum absolute atomic E-state index is 12.8. The Hall–Kier alpha value is -0.950. The standard InChI is InChI=1S/C24H40N2O3S/c1-24(2,18-26-12-10-20(11-13-26)29-15-14-28-3)17-25-23(27)22-16-19-8-6-4-5-7-9-21(19)30-22/h16,20H,4-15,17-18H2,1-3H3,(H,25,27). The fourth-order valence-corrected chi connectivity index (χ4v) is 5.73. The summed E-state index contributed by atoms with van der Waals surface area (Å²) in [7, 11) is 1.71. The number of piperidine rings is 1. The van der Waals surface area contributed by atoms with Crippen LogP contribution < -0.4 is 5.32 Å². The largest absolute Gasteiger partial charge is 0.382 e. The van der Waals surface area contributed by atoms with E-state index in [0.717, 1.165) is 50.2 Å². The summed E-state index contributed by atoms with van der Waals surface area (Å²) in [6, 6.07) is 2.15. The molecule has 1 aliphatic carbocycles. The second-order valence-corrected chi connectivity index (χ2v) is 10.8. The molecule has 1 aromatic rings. The highest BCUT2D eigenvalue weighted by Gasteiger charge is 2.27. The van der Waals surface area contributed by atoms with Crippen molar-refractivity contribution < 1.29 is 14.3 Å². The van der Waals surface area contributed by atoms with E-state index < -0.39 is 0 Å². The van der Waals surface area contributed by atoms with Gasteiger partial charge in [0.25, 0.3) is 5.91 Å². The van der Waals surface area contributed by atoms with Crippen LogP contribution in [-0.2, 0) is 22.3 Å². The van der Waals surface area contributed by atoms with Crippen LogP contribution in [0.4, 0.5) is 0 Å². The Morgan fingerprint density at radius 3 is 2.63 bits per heavy atom. The van der Waals surface area contributed by atoms with Gasteiger partial charge in [-0.1, -0.05) is 26.7 Å². The van der Waals surface area contributed by atoms with Crippen LogP contribution in [0, 0.1) is 5.41 Å². The van der Waals surface area contributed by atoms with E-state index in [4.69, 9.17) is 9.47 Å². The Bertz CT molecular complexity index is 640. The molecule has 0 unspecified atom stereocenters. The highest BCUT2D eigenvalue weighted by molar-refractivity contribution is 7.14. The molecule has 0 aromatic carbocycles. The average molecular weight is 437 g/mol. The first kappa shape index (κ1) is 23.7. The van der Waals surface area contributed by atoms with Crippen molar-refractivity contribution in [3.8, 4) is 0 Å². The summed E-state index contributed by atoms with van der Waals surface area (Å²) < 4.78 is 10.9. The normalized spacial score (nSPS) is 19.2. The predicted molar refractivity (Wildman–Crippen MR) is 124 cm³/mol. The maximum atomic E-state index is 12.8. The van der Waals surface area contributed by atoms with Crippen molar-refractivity contribution >= 4 is 17.2 Å². The van der Waals surface area contributed by atoms with Crippen LogP contribution in [-0.4, -0.2) is 63.4 Å². The Morgan fingerprint density at radius 1 is 1.17 bits per heavy atom. The Balaban J connectivity index is 1.42. The molecule has 1 aliphatic heterocycles. The molecule has 170 valence electrons. The van der Waals surface area contributed by atoms with E-state index in [1.165, 1.54) is 36.1 Å². The minimum atomic E-state index is 0.0469. The Kier molecular flexibility index (Phi) is 9.17. The zero-order valence-corrected chi connectivity index (χ0v) is 20.0. The first-order chi connectivity index (χ1) is 14.5. The smallest absolute Gasteiger partial charge is 0.261 e. The molecule has 1 aromatic heterocycles. The predicted octanol–water partition coefficient (Wildman–Crippen LogP) is 4.29. The van der Waals surface area contributed by atoms with Crippen molar-refractivity contribution in [2.24, 2.45) is 5.41 Å². The molecule has 0 atom stereocenters. The van der Waals surface area contributed by atoms with Crippen molar-refractivity contribution in [2.45, 2.75) is 71.3 Å². The third-order valence-corrected chi connectivity index (χ3v) is 7.51. The quantitative estimate of drug-likeness (QED) is 0.587. The third-order valence-electron chi connectivity index (χ3n) is 6.28. The van der Waals surface area contributed by atoms with Gasteiger partial charge in [0.15, 0.2) is 0 Å². The van der Waals surface area contributed by atoms with E-state index in [2.05, 4.69) is 30.1 Å². The molecule has 5 nitrogen and oxygen atoms in total. The lowest BCUT2D eigenvalue weighted by Gasteiger charge is -2.37. The van der Waals surface area contributed by atoms with Gasteiger partial charge in [-0.2, -0.15) is 0 Å². The van der Waals surface area contributed by atoms with Gasteiger partial charge >= 0.3 is 0 Å². The fraction of sp³-hybridized carbons (Fsp3) is 0.792. The summed E-state index contributed by atoms with van der Waals surface area (Å²) in [4.78, 5) is 17.6. The maximum Gasteiger partial charge on any atom is 0.261 e. The Labute approximate surface area is 186 Å². The lowest BCUT2D eigenvalue weighted by atomic mass is 9.91. The number of fused-ring (bicyclic) bond motifs is 1. The van der Waals surface area contributed by atoms with Gasteiger partial charge in [0.1, 0.15) is 0 Å². The van der Waals surface area contributed by atoms with Crippen molar-refractivity contribution in [1.82, 2.24) is 10.2 Å². The molecule has 0 radical (unpaired) electrons. The number of nitrogens with one attached hydrogen (secondary N) is 1. The van der Waals surface area contributed by atoms with Gasteiger partial charge in [-0.15, -0.1) is 11.3 Å². The van der Waals surface area contributed by atoms with Gasteiger partial charge in [-0.3, -0.25) is 4.79 Å². The van der Waals surface area contributed by atoms with E-state index in [1.807, 2.05) is 0 Å².